The molecule has 23 heavy (non-hydrogen) atoms. The fourth-order valence-corrected chi connectivity index (χ4v) is 2.86. The zero-order valence-corrected chi connectivity index (χ0v) is 14.6. The van der Waals surface area contributed by atoms with E-state index in [1.807, 2.05) is 25.2 Å². The highest BCUT2D eigenvalue weighted by atomic mass is 16.4. The molecule has 0 aromatic heterocycles. The molecule has 126 valence electrons. The van der Waals surface area contributed by atoms with E-state index in [0.717, 1.165) is 36.5 Å². The van der Waals surface area contributed by atoms with Gasteiger partial charge in [-0.3, -0.25) is 0 Å². The highest BCUT2D eigenvalue weighted by Gasteiger charge is 2.27. The van der Waals surface area contributed by atoms with Crippen molar-refractivity contribution in [1.29, 1.82) is 0 Å². The Kier molecular flexibility index (Phi) is 7.24. The zero-order chi connectivity index (χ0) is 17.5. The molecule has 0 fully saturated rings. The lowest BCUT2D eigenvalue weighted by Gasteiger charge is -2.33. The second-order valence-corrected chi connectivity index (χ2v) is 6.72. The van der Waals surface area contributed by atoms with E-state index in [9.17, 15) is 15.0 Å². The van der Waals surface area contributed by atoms with Crippen molar-refractivity contribution in [1.82, 2.24) is 0 Å². The molecule has 0 bridgehead atoms. The molecule has 0 aliphatic heterocycles. The number of carbonyl (C=O) groups is 1. The summed E-state index contributed by atoms with van der Waals surface area (Å²) < 4.78 is 0. The normalized spacial score (nSPS) is 19.9. The van der Waals surface area contributed by atoms with Gasteiger partial charge in [0, 0.05) is 0 Å². The maximum absolute atomic E-state index is 10.4. The van der Waals surface area contributed by atoms with Crippen LogP contribution in [0.3, 0.4) is 0 Å². The minimum Gasteiger partial charge on any atom is -0.545 e. The van der Waals surface area contributed by atoms with Crippen molar-refractivity contribution in [3.63, 3.8) is 0 Å². The molecule has 0 aromatic rings. The first-order valence-corrected chi connectivity index (χ1v) is 8.02. The first kappa shape index (κ1) is 19.2. The average molecular weight is 315 g/mol. The topological polar surface area (TPSA) is 60.4 Å². The lowest BCUT2D eigenvalue weighted by molar-refractivity contribution is -0.297. The second kappa shape index (κ2) is 8.68. The first-order chi connectivity index (χ1) is 10.8. The Bertz CT molecular complexity index is 584. The number of aliphatic carboxylic acids is 1. The second-order valence-electron chi connectivity index (χ2n) is 6.72. The summed E-state index contributed by atoms with van der Waals surface area (Å²) in [4.78, 5) is 10.4. The lowest BCUT2D eigenvalue weighted by atomic mass is 9.72. The Morgan fingerprint density at radius 3 is 2.57 bits per heavy atom. The predicted octanol–water partition coefficient (Wildman–Crippen LogP) is 3.24. The SMILES string of the molecule is CC(/C=C/C1=C(CO)CCCC1(C)C)=C\C=C\C(C)=C\C(=O)[O-]. The third-order valence-corrected chi connectivity index (χ3v) is 4.16. The molecular weight excluding hydrogens is 288 g/mol. The number of carboxylic acids is 1. The summed E-state index contributed by atoms with van der Waals surface area (Å²) in [7, 11) is 0. The number of carboxylic acid groups (broad SMARTS) is 1. The van der Waals surface area contributed by atoms with Gasteiger partial charge in [-0.25, -0.2) is 0 Å². The predicted molar refractivity (Wildman–Crippen MR) is 92.5 cm³/mol. The summed E-state index contributed by atoms with van der Waals surface area (Å²) >= 11 is 0. The number of aliphatic hydroxyl groups excluding tert-OH is 1. The smallest absolute Gasteiger partial charge is 0.0647 e. The van der Waals surface area contributed by atoms with E-state index in [2.05, 4.69) is 19.9 Å². The fourth-order valence-electron chi connectivity index (χ4n) is 2.86. The largest absolute Gasteiger partial charge is 0.545 e. The van der Waals surface area contributed by atoms with Gasteiger partial charge in [-0.15, -0.1) is 0 Å². The van der Waals surface area contributed by atoms with Crippen molar-refractivity contribution in [2.75, 3.05) is 6.61 Å². The van der Waals surface area contributed by atoms with Crippen molar-refractivity contribution in [2.45, 2.75) is 47.0 Å². The van der Waals surface area contributed by atoms with Crippen LogP contribution in [0, 0.1) is 5.41 Å². The van der Waals surface area contributed by atoms with Crippen molar-refractivity contribution in [2.24, 2.45) is 5.41 Å². The summed E-state index contributed by atoms with van der Waals surface area (Å²) in [5.74, 6) is -1.18. The minimum atomic E-state index is -1.18. The highest BCUT2D eigenvalue weighted by Crippen LogP contribution is 2.40. The van der Waals surface area contributed by atoms with Crippen LogP contribution in [0.2, 0.25) is 0 Å². The van der Waals surface area contributed by atoms with E-state index in [0.29, 0.717) is 5.57 Å². The molecule has 0 atom stereocenters. The summed E-state index contributed by atoms with van der Waals surface area (Å²) in [6.07, 6.45) is 13.9. The molecule has 0 heterocycles. The third-order valence-electron chi connectivity index (χ3n) is 4.16. The van der Waals surface area contributed by atoms with Gasteiger partial charge in [0.1, 0.15) is 0 Å². The van der Waals surface area contributed by atoms with Gasteiger partial charge >= 0.3 is 0 Å². The van der Waals surface area contributed by atoms with E-state index in [1.165, 1.54) is 5.57 Å². The van der Waals surface area contributed by atoms with Gasteiger partial charge in [0.25, 0.3) is 0 Å². The van der Waals surface area contributed by atoms with Gasteiger partial charge in [0.2, 0.25) is 0 Å². The Balaban J connectivity index is 2.86. The van der Waals surface area contributed by atoms with Crippen LogP contribution in [0.4, 0.5) is 0 Å². The molecule has 0 saturated carbocycles. The van der Waals surface area contributed by atoms with E-state index >= 15 is 0 Å². The van der Waals surface area contributed by atoms with Crippen molar-refractivity contribution < 1.29 is 15.0 Å². The molecule has 0 saturated heterocycles. The van der Waals surface area contributed by atoms with Crippen LogP contribution in [0.15, 0.2) is 58.7 Å². The number of rotatable bonds is 6. The Labute approximate surface area is 139 Å². The van der Waals surface area contributed by atoms with Gasteiger partial charge < -0.3 is 15.0 Å². The maximum Gasteiger partial charge on any atom is 0.0647 e. The highest BCUT2D eigenvalue weighted by molar-refractivity contribution is 5.79. The summed E-state index contributed by atoms with van der Waals surface area (Å²) in [5, 5.41) is 20.0. The van der Waals surface area contributed by atoms with Crippen LogP contribution in [0.1, 0.15) is 47.0 Å². The van der Waals surface area contributed by atoms with Crippen LogP contribution in [-0.4, -0.2) is 17.7 Å². The van der Waals surface area contributed by atoms with Gasteiger partial charge in [-0.1, -0.05) is 49.8 Å². The van der Waals surface area contributed by atoms with Gasteiger partial charge in [-0.05, 0) is 61.3 Å². The average Bonchev–Trinajstić information content (AvgIpc) is 2.44. The van der Waals surface area contributed by atoms with E-state index in [1.54, 1.807) is 13.0 Å². The first-order valence-electron chi connectivity index (χ1n) is 8.02. The zero-order valence-electron chi connectivity index (χ0n) is 14.6. The van der Waals surface area contributed by atoms with Crippen LogP contribution >= 0.6 is 0 Å². The van der Waals surface area contributed by atoms with Crippen molar-refractivity contribution in [3.05, 3.63) is 58.7 Å². The molecule has 3 heteroatoms. The lowest BCUT2D eigenvalue weighted by Crippen LogP contribution is -2.21. The summed E-state index contributed by atoms with van der Waals surface area (Å²) in [5.41, 5.74) is 4.16. The Morgan fingerprint density at radius 2 is 1.96 bits per heavy atom. The minimum absolute atomic E-state index is 0.0940. The number of hydrogen-bond acceptors (Lipinski definition) is 3. The number of allylic oxidation sites excluding steroid dienone is 8. The molecule has 1 aliphatic rings. The van der Waals surface area contributed by atoms with E-state index < -0.39 is 5.97 Å². The molecule has 0 spiro atoms. The molecule has 0 amide bonds. The molecule has 0 radical (unpaired) electrons. The Morgan fingerprint density at radius 1 is 1.26 bits per heavy atom. The third kappa shape index (κ3) is 6.41. The van der Waals surface area contributed by atoms with Crippen molar-refractivity contribution in [3.8, 4) is 0 Å². The summed E-state index contributed by atoms with van der Waals surface area (Å²) in [6, 6.07) is 0. The van der Waals surface area contributed by atoms with Crippen molar-refractivity contribution >= 4 is 5.97 Å². The molecule has 1 rings (SSSR count). The molecule has 3 nitrogen and oxygen atoms in total. The maximum atomic E-state index is 10.4. The van der Waals surface area contributed by atoms with Gasteiger partial charge in [0.05, 0.1) is 12.6 Å². The van der Waals surface area contributed by atoms with Gasteiger partial charge in [0.15, 0.2) is 0 Å². The molecular formula is C20H27O3-. The monoisotopic (exact) mass is 315 g/mol. The number of hydrogen-bond donors (Lipinski definition) is 1. The molecule has 0 unspecified atom stereocenters. The Hall–Kier alpha value is -1.87. The van der Waals surface area contributed by atoms with E-state index in [-0.39, 0.29) is 12.0 Å². The van der Waals surface area contributed by atoms with Crippen LogP contribution in [0.25, 0.3) is 0 Å². The number of aliphatic hydroxyl groups is 1. The van der Waals surface area contributed by atoms with Crippen LogP contribution in [0.5, 0.6) is 0 Å². The van der Waals surface area contributed by atoms with Gasteiger partial charge in [-0.2, -0.15) is 0 Å². The standard InChI is InChI=1S/C20H28O3/c1-15(7-5-8-16(2)13-19(22)23)10-11-18-17(14-21)9-6-12-20(18,3)4/h5,7-8,10-11,13,21H,6,9,12,14H2,1-4H3,(H,22,23)/p-1/b8-5+,11-10+,15-7+,16-13+. The molecule has 1 aliphatic carbocycles. The van der Waals surface area contributed by atoms with Crippen LogP contribution in [-0.2, 0) is 4.79 Å². The number of carbonyl (C=O) groups excluding carboxylic acids is 1. The van der Waals surface area contributed by atoms with E-state index in [4.69, 9.17) is 0 Å². The van der Waals surface area contributed by atoms with Crippen LogP contribution < -0.4 is 5.11 Å². The molecule has 1 N–H and O–H groups in total. The fraction of sp³-hybridized carbons (Fsp3) is 0.450. The summed E-state index contributed by atoms with van der Waals surface area (Å²) in [6.45, 7) is 8.27. The molecule has 0 aromatic carbocycles. The quantitative estimate of drug-likeness (QED) is 0.604.